The number of ether oxygens (including phenoxy) is 16. The molecule has 0 aliphatic carbocycles. The number of aliphatic imine (C=N–C) groups is 2. The molecular weight excluding hydrogens is 1790 g/mol. The first-order valence-corrected chi connectivity index (χ1v) is 45.7. The van der Waals surface area contributed by atoms with E-state index in [0.717, 1.165) is 78.3 Å². The van der Waals surface area contributed by atoms with Crippen LogP contribution < -0.4 is 66.6 Å². The molecule has 6 atom stereocenters. The maximum Gasteiger partial charge on any atom is 0.416 e. The summed E-state index contributed by atoms with van der Waals surface area (Å²) in [4.78, 5) is 105. The number of fused-ring (bicyclic) bond motifs is 8. The standard InChI is InChI=1S/C60H62N4O14.C50H46N4O8/c1-9-26-75-59(67)63-47-33-53(51(71-5)31-45(47)55(65)61-24-22-41(29-49(61)57(63)73-7)39-14-18-43(69-3)19-15-39)77-35-37-12-11-13-38(28-37)36-78-54-34-48-46(32-52(54)72-6)56(66)62-25-23-42(40-16-20-44(70-4)21-17-40)30-50(62)58(74-8)64(48)60(68)76-27-10-2;1-57-39-12-8-33(9-13-39)35-16-18-53-37(21-35)27-51-43-25-47(45(59-3)23-41(43)49(53)55)61-29-31-6-5-7-32(20-31)30-62-48-26-44-42(24-46(48)60-4)50(56)54-19-17-36(22-38(54)28-52-44)34-10-14-40(58-2)15-11-34/h9-23,28,31-34,49-50,57-58H,1-2,24-27,29-30,35-36H2,3-8H3;5-17,20,23-28,37-38H,18-19,21-22,29-30H2,1-4H3/t49-,50-,57?,58?;37-,38-/m00/s1. The average Bonchev–Trinajstić information content (AvgIpc) is 1.59. The Morgan fingerprint density at radius 1 is 0.336 bits per heavy atom. The van der Waals surface area contributed by atoms with Crippen molar-refractivity contribution in [3.63, 3.8) is 0 Å². The number of methoxy groups -OCH3 is 10. The highest BCUT2D eigenvalue weighted by atomic mass is 16.6. The summed E-state index contributed by atoms with van der Waals surface area (Å²) in [7, 11) is 15.6. The number of hydrogen-bond acceptors (Lipinski definition) is 24. The van der Waals surface area contributed by atoms with Crippen LogP contribution in [0.15, 0.2) is 254 Å². The first kappa shape index (κ1) is 95.6. The van der Waals surface area contributed by atoms with Gasteiger partial charge in [0.1, 0.15) is 62.6 Å². The Kier molecular flexibility index (Phi) is 29.4. The van der Waals surface area contributed by atoms with Gasteiger partial charge in [0.05, 0.1) is 126 Å². The van der Waals surface area contributed by atoms with E-state index in [1.807, 2.05) is 180 Å². The number of hydrogen-bond donors (Lipinski definition) is 0. The third-order valence-electron chi connectivity index (χ3n) is 25.9. The summed E-state index contributed by atoms with van der Waals surface area (Å²) >= 11 is 0. The van der Waals surface area contributed by atoms with Gasteiger partial charge in [0, 0.05) is 77.1 Å². The van der Waals surface area contributed by atoms with Gasteiger partial charge in [0.2, 0.25) is 0 Å². The summed E-state index contributed by atoms with van der Waals surface area (Å²) in [5.41, 5.74) is 14.4. The number of rotatable bonds is 30. The van der Waals surface area contributed by atoms with E-state index in [2.05, 4.69) is 25.3 Å². The van der Waals surface area contributed by atoms with Crippen molar-refractivity contribution in [1.82, 2.24) is 19.6 Å². The van der Waals surface area contributed by atoms with E-state index < -0.39 is 36.7 Å². The number of nitrogens with zero attached hydrogens (tertiary/aromatic N) is 8. The minimum absolute atomic E-state index is 0.0343. The molecule has 720 valence electrons. The van der Waals surface area contributed by atoms with Crippen molar-refractivity contribution in [3.05, 3.63) is 310 Å². The van der Waals surface area contributed by atoms with Crippen molar-refractivity contribution < 1.29 is 105 Å². The monoisotopic (exact) mass is 1890 g/mol. The lowest BCUT2D eigenvalue weighted by atomic mass is 9.92. The number of carbonyl (C=O) groups is 6. The molecule has 0 bridgehead atoms. The molecule has 0 saturated heterocycles. The zero-order chi connectivity index (χ0) is 97.8. The first-order chi connectivity index (χ1) is 68.3. The van der Waals surface area contributed by atoms with E-state index >= 15 is 0 Å². The zero-order valence-electron chi connectivity index (χ0n) is 79.4. The van der Waals surface area contributed by atoms with E-state index in [1.165, 1.54) is 50.4 Å². The molecule has 30 nitrogen and oxygen atoms in total. The van der Waals surface area contributed by atoms with E-state index in [0.29, 0.717) is 95.8 Å². The fourth-order valence-corrected chi connectivity index (χ4v) is 18.7. The molecule has 8 heterocycles. The van der Waals surface area contributed by atoms with Gasteiger partial charge in [-0.2, -0.15) is 0 Å². The summed E-state index contributed by atoms with van der Waals surface area (Å²) in [6, 6.07) is 58.4. The van der Waals surface area contributed by atoms with Crippen LogP contribution >= 0.6 is 0 Å². The lowest BCUT2D eigenvalue weighted by molar-refractivity contribution is 0.0175. The highest BCUT2D eigenvalue weighted by Gasteiger charge is 2.49. The van der Waals surface area contributed by atoms with Crippen LogP contribution in [0.25, 0.3) is 22.3 Å². The van der Waals surface area contributed by atoms with E-state index in [9.17, 15) is 28.8 Å². The van der Waals surface area contributed by atoms with Gasteiger partial charge in [-0.3, -0.25) is 29.2 Å². The third kappa shape index (κ3) is 20.1. The second-order valence-electron chi connectivity index (χ2n) is 33.9. The molecule has 6 amide bonds. The molecule has 18 rings (SSSR count). The molecule has 0 radical (unpaired) electrons. The number of benzene rings is 10. The van der Waals surface area contributed by atoms with Crippen molar-refractivity contribution >= 4 is 93.3 Å². The summed E-state index contributed by atoms with van der Waals surface area (Å²) in [5.74, 6) is 5.00. The van der Waals surface area contributed by atoms with Crippen molar-refractivity contribution in [2.75, 3.05) is 120 Å². The largest absolute Gasteiger partial charge is 0.497 e. The molecule has 0 N–H and O–H groups in total. The van der Waals surface area contributed by atoms with Gasteiger partial charge in [-0.1, -0.05) is 135 Å². The van der Waals surface area contributed by atoms with Crippen LogP contribution in [0.5, 0.6) is 69.0 Å². The normalized spacial score (nSPS) is 18.1. The highest BCUT2D eigenvalue weighted by Crippen LogP contribution is 2.49. The maximum absolute atomic E-state index is 14.6. The minimum Gasteiger partial charge on any atom is -0.497 e. The lowest BCUT2D eigenvalue weighted by Gasteiger charge is -2.40. The predicted molar refractivity (Wildman–Crippen MR) is 530 cm³/mol. The van der Waals surface area contributed by atoms with Crippen LogP contribution in [0, 0.1) is 0 Å². The van der Waals surface area contributed by atoms with Crippen LogP contribution in [0.1, 0.15) is 112 Å². The van der Waals surface area contributed by atoms with Gasteiger partial charge >= 0.3 is 12.2 Å². The average molecular weight is 1890 g/mol. The van der Waals surface area contributed by atoms with Crippen molar-refractivity contribution in [1.29, 1.82) is 0 Å². The second kappa shape index (κ2) is 43.1. The topological polar surface area (TPSA) is 294 Å². The molecule has 8 aliphatic heterocycles. The van der Waals surface area contributed by atoms with Gasteiger partial charge in [0.15, 0.2) is 58.5 Å². The Bertz CT molecular complexity index is 6190. The summed E-state index contributed by atoms with van der Waals surface area (Å²) < 4.78 is 93.6. The molecule has 2 unspecified atom stereocenters. The Labute approximate surface area is 811 Å². The number of anilines is 2. The van der Waals surface area contributed by atoms with Gasteiger partial charge < -0.3 is 95.4 Å². The lowest BCUT2D eigenvalue weighted by Crippen LogP contribution is -2.55. The van der Waals surface area contributed by atoms with Crippen LogP contribution in [0.2, 0.25) is 0 Å². The second-order valence-corrected chi connectivity index (χ2v) is 33.9. The van der Waals surface area contributed by atoms with E-state index in [4.69, 9.17) is 85.8 Å². The van der Waals surface area contributed by atoms with Gasteiger partial charge in [-0.05, 0) is 177 Å². The Hall–Kier alpha value is -16.1. The highest BCUT2D eigenvalue weighted by molar-refractivity contribution is 6.09. The Balaban J connectivity index is 0.000000198. The molecule has 30 heteroatoms. The predicted octanol–water partition coefficient (Wildman–Crippen LogP) is 18.6. The van der Waals surface area contributed by atoms with Crippen LogP contribution in [0.3, 0.4) is 0 Å². The van der Waals surface area contributed by atoms with Crippen molar-refractivity contribution in [2.24, 2.45) is 9.98 Å². The fraction of sp³-hybridized carbons (Fsp3) is 0.273. The van der Waals surface area contributed by atoms with Crippen LogP contribution in [-0.2, 0) is 45.4 Å². The smallest absolute Gasteiger partial charge is 0.416 e. The third-order valence-corrected chi connectivity index (χ3v) is 25.9. The van der Waals surface area contributed by atoms with Gasteiger partial charge in [-0.15, -0.1) is 0 Å². The molecule has 0 fully saturated rings. The van der Waals surface area contributed by atoms with Crippen LogP contribution in [0.4, 0.5) is 32.3 Å². The summed E-state index contributed by atoms with van der Waals surface area (Å²) in [5, 5.41) is 0. The molecule has 0 saturated carbocycles. The van der Waals surface area contributed by atoms with Crippen molar-refractivity contribution in [3.8, 4) is 69.0 Å². The molecule has 0 spiro atoms. The molecule has 140 heavy (non-hydrogen) atoms. The molecule has 0 aromatic heterocycles. The summed E-state index contributed by atoms with van der Waals surface area (Å²) in [6.07, 6.45) is 13.4. The maximum atomic E-state index is 14.6. The Morgan fingerprint density at radius 3 is 0.914 bits per heavy atom. The quantitative estimate of drug-likeness (QED) is 0.0378. The first-order valence-electron chi connectivity index (χ1n) is 45.7. The number of carbonyl (C=O) groups excluding carboxylic acids is 6. The molecule has 10 aromatic carbocycles. The minimum atomic E-state index is -0.972. The van der Waals surface area contributed by atoms with E-state index in [-0.39, 0.29) is 134 Å². The molecule has 10 aromatic rings. The fourth-order valence-electron chi connectivity index (χ4n) is 18.7. The Morgan fingerprint density at radius 2 is 0.621 bits per heavy atom. The van der Waals surface area contributed by atoms with Crippen molar-refractivity contribution in [2.45, 2.75) is 88.7 Å². The van der Waals surface area contributed by atoms with Crippen LogP contribution in [-0.4, -0.2) is 215 Å². The summed E-state index contributed by atoms with van der Waals surface area (Å²) in [6.45, 7) is 9.23. The molecule has 8 aliphatic rings. The number of amides is 6. The zero-order valence-corrected chi connectivity index (χ0v) is 79.4. The van der Waals surface area contributed by atoms with Gasteiger partial charge in [-0.25, -0.2) is 19.4 Å². The van der Waals surface area contributed by atoms with Gasteiger partial charge in [0.25, 0.3) is 23.6 Å². The van der Waals surface area contributed by atoms with E-state index in [1.54, 1.807) is 101 Å². The SMILES string of the molecule is C=CCOC(=O)N1c2cc(OCc3cccc(COc4cc5c(cc4OC)C(=O)N4CC=C(c6ccc(OC)cc6)C[C@H]4C(OC)N5C(=O)OCC=C)c3)c(OC)cc2C(=O)N2CC=C(c3ccc(OC)cc3)C[C@H]2C1OC.COc1ccc(C2=CCN3C(=O)c4cc(OC)c(OCc5cccc(COc6cc7c(cc6OC)C(=O)N6CC=C(c8ccc(OC)cc8)C[C@H]6C=N7)c5)cc4N=C[C@@H]3C2)cc1. The molecular formula is C110H108N8O22.